The maximum absolute atomic E-state index is 9.91. The highest BCUT2D eigenvalue weighted by atomic mass is 79.9. The van der Waals surface area contributed by atoms with Crippen LogP contribution in [0.5, 0.6) is 0 Å². The first-order valence-corrected chi connectivity index (χ1v) is 7.90. The number of aliphatic hydroxyl groups is 2. The highest BCUT2D eigenvalue weighted by molar-refractivity contribution is 9.10. The lowest BCUT2D eigenvalue weighted by atomic mass is 9.77. The molecule has 0 aromatic heterocycles. The second kappa shape index (κ2) is 6.93. The van der Waals surface area contributed by atoms with Gasteiger partial charge < -0.3 is 10.2 Å². The largest absolute Gasteiger partial charge is 0.395 e. The molecule has 4 heteroatoms. The predicted octanol–water partition coefficient (Wildman–Crippen LogP) is 3.88. The van der Waals surface area contributed by atoms with Crippen LogP contribution in [0.1, 0.15) is 16.7 Å². The zero-order valence-corrected chi connectivity index (χ0v) is 14.2. The average Bonchev–Trinajstić information content (AvgIpc) is 2.47. The molecule has 2 nitrogen and oxygen atoms in total. The standard InChI is InChI=1S/C17H18BrClO2/c1-12-5-6-13(16(19)7-12)9-17(10-20,11-21)14-3-2-4-15(18)8-14/h2-8,20-21H,9-11H2,1H3. The molecule has 0 aliphatic carbocycles. The lowest BCUT2D eigenvalue weighted by Gasteiger charge is -2.31. The molecular formula is C17H18BrClO2. The molecule has 0 saturated carbocycles. The first kappa shape index (κ1) is 16.5. The molecule has 0 saturated heterocycles. The zero-order chi connectivity index (χ0) is 15.5. The van der Waals surface area contributed by atoms with Crippen LogP contribution in [0, 0.1) is 6.92 Å². The molecule has 0 radical (unpaired) electrons. The third kappa shape index (κ3) is 3.67. The number of hydrogen-bond acceptors (Lipinski definition) is 2. The quantitative estimate of drug-likeness (QED) is 0.840. The Balaban J connectivity index is 2.43. The second-order valence-electron chi connectivity index (χ2n) is 5.38. The van der Waals surface area contributed by atoms with Crippen molar-refractivity contribution in [2.24, 2.45) is 0 Å². The highest BCUT2D eigenvalue weighted by Crippen LogP contribution is 2.32. The summed E-state index contributed by atoms with van der Waals surface area (Å²) in [5.74, 6) is 0. The van der Waals surface area contributed by atoms with Crippen molar-refractivity contribution in [3.8, 4) is 0 Å². The molecule has 0 bridgehead atoms. The summed E-state index contributed by atoms with van der Waals surface area (Å²) in [6.45, 7) is 1.68. The van der Waals surface area contributed by atoms with E-state index in [0.717, 1.165) is 21.2 Å². The van der Waals surface area contributed by atoms with E-state index in [-0.39, 0.29) is 13.2 Å². The Hall–Kier alpha value is -0.870. The normalized spacial score (nSPS) is 11.7. The minimum Gasteiger partial charge on any atom is -0.395 e. The van der Waals surface area contributed by atoms with Crippen molar-refractivity contribution in [1.82, 2.24) is 0 Å². The fraction of sp³-hybridized carbons (Fsp3) is 0.294. The summed E-state index contributed by atoms with van der Waals surface area (Å²) in [5.41, 5.74) is 2.15. The first-order valence-electron chi connectivity index (χ1n) is 6.73. The van der Waals surface area contributed by atoms with Crippen LogP contribution in [0.3, 0.4) is 0 Å². The van der Waals surface area contributed by atoms with Gasteiger partial charge in [0.05, 0.1) is 13.2 Å². The Morgan fingerprint density at radius 2 is 1.81 bits per heavy atom. The minimum absolute atomic E-state index is 0.149. The van der Waals surface area contributed by atoms with E-state index in [2.05, 4.69) is 15.9 Å². The van der Waals surface area contributed by atoms with Crippen molar-refractivity contribution in [1.29, 1.82) is 0 Å². The molecule has 0 fully saturated rings. The fourth-order valence-corrected chi connectivity index (χ4v) is 3.13. The first-order chi connectivity index (χ1) is 10.0. The second-order valence-corrected chi connectivity index (χ2v) is 6.70. The van der Waals surface area contributed by atoms with Crippen molar-refractivity contribution in [3.05, 3.63) is 68.7 Å². The Bertz CT molecular complexity index is 624. The Morgan fingerprint density at radius 3 is 2.38 bits per heavy atom. The molecule has 112 valence electrons. The Morgan fingerprint density at radius 1 is 1.10 bits per heavy atom. The van der Waals surface area contributed by atoms with Gasteiger partial charge >= 0.3 is 0 Å². The van der Waals surface area contributed by atoms with E-state index >= 15 is 0 Å². The van der Waals surface area contributed by atoms with Crippen LogP contribution in [0.4, 0.5) is 0 Å². The maximum atomic E-state index is 9.91. The van der Waals surface area contributed by atoms with Gasteiger partial charge in [0.1, 0.15) is 0 Å². The average molecular weight is 370 g/mol. The minimum atomic E-state index is -0.747. The highest BCUT2D eigenvalue weighted by Gasteiger charge is 2.32. The summed E-state index contributed by atoms with van der Waals surface area (Å²) in [4.78, 5) is 0. The molecule has 0 amide bonds. The van der Waals surface area contributed by atoms with Gasteiger partial charge in [-0.3, -0.25) is 0 Å². The van der Waals surface area contributed by atoms with Gasteiger partial charge in [-0.25, -0.2) is 0 Å². The van der Waals surface area contributed by atoms with Crippen molar-refractivity contribution in [2.75, 3.05) is 13.2 Å². The summed E-state index contributed by atoms with van der Waals surface area (Å²) in [7, 11) is 0. The maximum Gasteiger partial charge on any atom is 0.0553 e. The lowest BCUT2D eigenvalue weighted by Crippen LogP contribution is -2.37. The summed E-state index contributed by atoms with van der Waals surface area (Å²) < 4.78 is 0.918. The topological polar surface area (TPSA) is 40.5 Å². The van der Waals surface area contributed by atoms with Crippen molar-refractivity contribution >= 4 is 27.5 Å². The molecule has 2 aromatic carbocycles. The van der Waals surface area contributed by atoms with E-state index in [0.29, 0.717) is 11.4 Å². The van der Waals surface area contributed by atoms with Gasteiger partial charge in [0.2, 0.25) is 0 Å². The number of benzene rings is 2. The van der Waals surface area contributed by atoms with Crippen LogP contribution >= 0.6 is 27.5 Å². The van der Waals surface area contributed by atoms with Crippen LogP contribution in [0.25, 0.3) is 0 Å². The smallest absolute Gasteiger partial charge is 0.0553 e. The summed E-state index contributed by atoms with van der Waals surface area (Å²) in [6, 6.07) is 13.5. The number of halogens is 2. The zero-order valence-electron chi connectivity index (χ0n) is 11.8. The molecule has 0 aliphatic rings. The van der Waals surface area contributed by atoms with E-state index in [4.69, 9.17) is 11.6 Å². The molecule has 0 heterocycles. The molecular weight excluding hydrogens is 352 g/mol. The number of aliphatic hydroxyl groups excluding tert-OH is 2. The monoisotopic (exact) mass is 368 g/mol. The van der Waals surface area contributed by atoms with Gasteiger partial charge in [0, 0.05) is 14.9 Å². The van der Waals surface area contributed by atoms with Crippen LogP contribution in [0.2, 0.25) is 5.02 Å². The molecule has 21 heavy (non-hydrogen) atoms. The van der Waals surface area contributed by atoms with E-state index < -0.39 is 5.41 Å². The van der Waals surface area contributed by atoms with Crippen LogP contribution in [-0.4, -0.2) is 23.4 Å². The molecule has 0 atom stereocenters. The van der Waals surface area contributed by atoms with E-state index in [1.807, 2.05) is 49.4 Å². The third-order valence-corrected chi connectivity index (χ3v) is 4.62. The molecule has 2 N–H and O–H groups in total. The lowest BCUT2D eigenvalue weighted by molar-refractivity contribution is 0.116. The number of rotatable bonds is 5. The van der Waals surface area contributed by atoms with Gasteiger partial charge in [0.15, 0.2) is 0 Å². The Labute approximate surface area is 138 Å². The van der Waals surface area contributed by atoms with Crippen molar-refractivity contribution < 1.29 is 10.2 Å². The van der Waals surface area contributed by atoms with E-state index in [1.165, 1.54) is 0 Å². The molecule has 2 rings (SSSR count). The van der Waals surface area contributed by atoms with Crippen LogP contribution in [-0.2, 0) is 11.8 Å². The molecule has 0 spiro atoms. The van der Waals surface area contributed by atoms with Gasteiger partial charge in [-0.05, 0) is 48.2 Å². The van der Waals surface area contributed by atoms with E-state index in [1.54, 1.807) is 0 Å². The summed E-state index contributed by atoms with van der Waals surface area (Å²) in [6.07, 6.45) is 0.482. The molecule has 2 aromatic rings. The predicted molar refractivity (Wildman–Crippen MR) is 89.9 cm³/mol. The number of aryl methyl sites for hydroxylation is 1. The van der Waals surface area contributed by atoms with Crippen molar-refractivity contribution in [3.63, 3.8) is 0 Å². The van der Waals surface area contributed by atoms with Crippen LogP contribution < -0.4 is 0 Å². The summed E-state index contributed by atoms with van der Waals surface area (Å²) in [5, 5.41) is 20.5. The fourth-order valence-electron chi connectivity index (χ4n) is 2.43. The number of hydrogen-bond donors (Lipinski definition) is 2. The Kier molecular flexibility index (Phi) is 5.44. The van der Waals surface area contributed by atoms with Gasteiger partial charge in [0.25, 0.3) is 0 Å². The SMILES string of the molecule is Cc1ccc(CC(CO)(CO)c2cccc(Br)c2)c(Cl)c1. The van der Waals surface area contributed by atoms with E-state index in [9.17, 15) is 10.2 Å². The van der Waals surface area contributed by atoms with Gasteiger partial charge in [-0.2, -0.15) is 0 Å². The van der Waals surface area contributed by atoms with Crippen LogP contribution in [0.15, 0.2) is 46.9 Å². The third-order valence-electron chi connectivity index (χ3n) is 3.78. The summed E-state index contributed by atoms with van der Waals surface area (Å²) >= 11 is 9.73. The van der Waals surface area contributed by atoms with Gasteiger partial charge in [-0.15, -0.1) is 0 Å². The van der Waals surface area contributed by atoms with Crippen molar-refractivity contribution in [2.45, 2.75) is 18.8 Å². The molecule has 0 unspecified atom stereocenters. The molecule has 0 aliphatic heterocycles. The van der Waals surface area contributed by atoms with Gasteiger partial charge in [-0.1, -0.05) is 51.8 Å².